The Labute approximate surface area is 88.5 Å². The van der Waals surface area contributed by atoms with Gasteiger partial charge in [0.05, 0.1) is 0 Å². The normalized spacial score (nSPS) is 22.2. The molecule has 0 bridgehead atoms. The van der Waals surface area contributed by atoms with Crippen molar-refractivity contribution in [3.63, 3.8) is 0 Å². The zero-order valence-electron chi connectivity index (χ0n) is 8.02. The van der Waals surface area contributed by atoms with Crippen LogP contribution in [0, 0.1) is 0 Å². The van der Waals surface area contributed by atoms with E-state index in [0.717, 1.165) is 5.92 Å². The molecule has 70 valence electrons. The third kappa shape index (κ3) is 1.96. The highest BCUT2D eigenvalue weighted by Crippen LogP contribution is 2.31. The van der Waals surface area contributed by atoms with Crippen LogP contribution in [0.3, 0.4) is 0 Å². The average molecular weight is 239 g/mol. The molecule has 0 saturated carbocycles. The zero-order chi connectivity index (χ0) is 9.26. The molecule has 0 nitrogen and oxygen atoms in total. The standard InChI is InChI=1S/C12H15Br/c1-9-4-2-3-5-10-8-11(13)6-7-12(9)10/h6-9H,2-5H2,1H3. The fourth-order valence-electron chi connectivity index (χ4n) is 2.19. The Kier molecular flexibility index (Phi) is 2.73. The summed E-state index contributed by atoms with van der Waals surface area (Å²) in [6.07, 6.45) is 5.36. The van der Waals surface area contributed by atoms with Crippen molar-refractivity contribution in [3.8, 4) is 0 Å². The van der Waals surface area contributed by atoms with E-state index >= 15 is 0 Å². The van der Waals surface area contributed by atoms with Crippen molar-refractivity contribution in [3.05, 3.63) is 33.8 Å². The summed E-state index contributed by atoms with van der Waals surface area (Å²) in [5.41, 5.74) is 3.13. The lowest BCUT2D eigenvalue weighted by Crippen LogP contribution is -1.94. The first-order chi connectivity index (χ1) is 6.27. The van der Waals surface area contributed by atoms with Crippen LogP contribution in [0.25, 0.3) is 0 Å². The van der Waals surface area contributed by atoms with Gasteiger partial charge in [-0.1, -0.05) is 35.3 Å². The summed E-state index contributed by atoms with van der Waals surface area (Å²) in [6.45, 7) is 2.35. The lowest BCUT2D eigenvalue weighted by atomic mass is 9.95. The van der Waals surface area contributed by atoms with Crippen LogP contribution in [0.4, 0.5) is 0 Å². The van der Waals surface area contributed by atoms with Crippen LogP contribution >= 0.6 is 15.9 Å². The van der Waals surface area contributed by atoms with Gasteiger partial charge in [-0.05, 0) is 48.4 Å². The van der Waals surface area contributed by atoms with Gasteiger partial charge in [0.1, 0.15) is 0 Å². The summed E-state index contributed by atoms with van der Waals surface area (Å²) >= 11 is 3.54. The van der Waals surface area contributed by atoms with Crippen molar-refractivity contribution in [1.82, 2.24) is 0 Å². The van der Waals surface area contributed by atoms with Crippen LogP contribution in [0.1, 0.15) is 43.2 Å². The average Bonchev–Trinajstić information content (AvgIpc) is 2.28. The summed E-state index contributed by atoms with van der Waals surface area (Å²) in [4.78, 5) is 0. The Morgan fingerprint density at radius 1 is 1.31 bits per heavy atom. The summed E-state index contributed by atoms with van der Waals surface area (Å²) in [5, 5.41) is 0. The van der Waals surface area contributed by atoms with Crippen LogP contribution in [0.2, 0.25) is 0 Å². The molecule has 2 rings (SSSR count). The Morgan fingerprint density at radius 2 is 2.15 bits per heavy atom. The van der Waals surface area contributed by atoms with Crippen molar-refractivity contribution >= 4 is 15.9 Å². The van der Waals surface area contributed by atoms with Gasteiger partial charge in [-0.25, -0.2) is 0 Å². The van der Waals surface area contributed by atoms with Crippen LogP contribution in [0.5, 0.6) is 0 Å². The summed E-state index contributed by atoms with van der Waals surface area (Å²) in [7, 11) is 0. The van der Waals surface area contributed by atoms with E-state index in [1.54, 1.807) is 11.1 Å². The lowest BCUT2D eigenvalue weighted by Gasteiger charge is -2.12. The Balaban J connectivity index is 2.42. The van der Waals surface area contributed by atoms with Crippen molar-refractivity contribution in [2.75, 3.05) is 0 Å². The molecule has 0 aliphatic heterocycles. The van der Waals surface area contributed by atoms with Gasteiger partial charge in [0.15, 0.2) is 0 Å². The number of halogens is 1. The predicted octanol–water partition coefficient (Wildman–Crippen LogP) is 4.28. The number of aryl methyl sites for hydroxylation is 1. The van der Waals surface area contributed by atoms with Crippen molar-refractivity contribution in [1.29, 1.82) is 0 Å². The maximum Gasteiger partial charge on any atom is 0.0178 e. The van der Waals surface area contributed by atoms with Gasteiger partial charge >= 0.3 is 0 Å². The molecule has 1 aromatic carbocycles. The zero-order valence-corrected chi connectivity index (χ0v) is 9.60. The van der Waals surface area contributed by atoms with Gasteiger partial charge in [-0.3, -0.25) is 0 Å². The van der Waals surface area contributed by atoms with Crippen LogP contribution in [-0.2, 0) is 6.42 Å². The molecule has 0 fully saturated rings. The molecule has 0 aromatic heterocycles. The van der Waals surface area contributed by atoms with Crippen LogP contribution in [0.15, 0.2) is 22.7 Å². The summed E-state index contributed by atoms with van der Waals surface area (Å²) < 4.78 is 1.22. The lowest BCUT2D eigenvalue weighted by molar-refractivity contribution is 0.635. The molecular formula is C12H15Br. The number of rotatable bonds is 0. The van der Waals surface area contributed by atoms with Gasteiger partial charge in [0.25, 0.3) is 0 Å². The minimum atomic E-state index is 0.755. The SMILES string of the molecule is CC1CCCCc2cc(Br)ccc21. The Morgan fingerprint density at radius 3 is 3.00 bits per heavy atom. The first-order valence-electron chi connectivity index (χ1n) is 5.05. The molecule has 1 aromatic rings. The van der Waals surface area contributed by atoms with Crippen molar-refractivity contribution in [2.24, 2.45) is 0 Å². The van der Waals surface area contributed by atoms with E-state index in [-0.39, 0.29) is 0 Å². The van der Waals surface area contributed by atoms with Gasteiger partial charge in [-0.2, -0.15) is 0 Å². The van der Waals surface area contributed by atoms with E-state index in [1.165, 1.54) is 30.2 Å². The number of hydrogen-bond donors (Lipinski definition) is 0. The molecule has 13 heavy (non-hydrogen) atoms. The van der Waals surface area contributed by atoms with Crippen LogP contribution in [-0.4, -0.2) is 0 Å². The molecule has 0 saturated heterocycles. The second-order valence-corrected chi connectivity index (χ2v) is 4.91. The molecule has 1 atom stereocenters. The molecule has 1 aliphatic carbocycles. The highest BCUT2D eigenvalue weighted by Gasteiger charge is 2.14. The molecule has 0 amide bonds. The third-order valence-electron chi connectivity index (χ3n) is 2.97. The number of benzene rings is 1. The van der Waals surface area contributed by atoms with E-state index < -0.39 is 0 Å². The highest BCUT2D eigenvalue weighted by molar-refractivity contribution is 9.10. The summed E-state index contributed by atoms with van der Waals surface area (Å²) in [6, 6.07) is 6.74. The molecule has 1 unspecified atom stereocenters. The Bertz CT molecular complexity index is 304. The first kappa shape index (κ1) is 9.26. The van der Waals surface area contributed by atoms with E-state index in [4.69, 9.17) is 0 Å². The van der Waals surface area contributed by atoms with Gasteiger partial charge < -0.3 is 0 Å². The smallest absolute Gasteiger partial charge is 0.0178 e. The molecule has 1 aliphatic rings. The second-order valence-electron chi connectivity index (χ2n) is 3.99. The second kappa shape index (κ2) is 3.83. The number of fused-ring (bicyclic) bond motifs is 1. The Hall–Kier alpha value is -0.300. The highest BCUT2D eigenvalue weighted by atomic mass is 79.9. The van der Waals surface area contributed by atoms with Gasteiger partial charge in [0.2, 0.25) is 0 Å². The van der Waals surface area contributed by atoms with Crippen molar-refractivity contribution in [2.45, 2.75) is 38.5 Å². The summed E-state index contributed by atoms with van der Waals surface area (Å²) in [5.74, 6) is 0.755. The quantitative estimate of drug-likeness (QED) is 0.593. The van der Waals surface area contributed by atoms with Crippen molar-refractivity contribution < 1.29 is 0 Å². The number of hydrogen-bond acceptors (Lipinski definition) is 0. The largest absolute Gasteiger partial charge is 0.0584 e. The molecule has 0 spiro atoms. The van der Waals surface area contributed by atoms with Gasteiger partial charge in [-0.15, -0.1) is 0 Å². The maximum absolute atomic E-state index is 3.54. The minimum Gasteiger partial charge on any atom is -0.0584 e. The third-order valence-corrected chi connectivity index (χ3v) is 3.46. The fourth-order valence-corrected chi connectivity index (χ4v) is 2.60. The van der Waals surface area contributed by atoms with E-state index in [2.05, 4.69) is 41.1 Å². The fraction of sp³-hybridized carbons (Fsp3) is 0.500. The minimum absolute atomic E-state index is 0.755. The monoisotopic (exact) mass is 238 g/mol. The maximum atomic E-state index is 3.54. The first-order valence-corrected chi connectivity index (χ1v) is 5.85. The van der Waals surface area contributed by atoms with E-state index in [0.29, 0.717) is 0 Å². The molecule has 0 N–H and O–H groups in total. The molecule has 0 heterocycles. The van der Waals surface area contributed by atoms with Gasteiger partial charge in [0, 0.05) is 4.47 Å². The molecule has 0 radical (unpaired) electrons. The molecular weight excluding hydrogens is 224 g/mol. The topological polar surface area (TPSA) is 0 Å². The molecule has 1 heteroatoms. The van der Waals surface area contributed by atoms with E-state index in [9.17, 15) is 0 Å². The van der Waals surface area contributed by atoms with E-state index in [1.807, 2.05) is 0 Å². The predicted molar refractivity (Wildman–Crippen MR) is 60.1 cm³/mol. The van der Waals surface area contributed by atoms with Crippen LogP contribution < -0.4 is 0 Å².